The molecule has 1 saturated heterocycles. The summed E-state index contributed by atoms with van der Waals surface area (Å²) < 4.78 is 11.2. The molecule has 5 heteroatoms. The Morgan fingerprint density at radius 2 is 2.17 bits per heavy atom. The highest BCUT2D eigenvalue weighted by atomic mass is 16.7. The van der Waals surface area contributed by atoms with Gasteiger partial charge in [-0.15, -0.1) is 0 Å². The SMILES string of the molecule is C[C@H]1OC[C@@H](O)[C@@H](/C=[N+](\[O-])Cc2ccccc2)O1. The van der Waals surface area contributed by atoms with Gasteiger partial charge in [0.1, 0.15) is 6.10 Å². The lowest BCUT2D eigenvalue weighted by molar-refractivity contribution is -0.474. The number of hydrogen-bond acceptors (Lipinski definition) is 4. The summed E-state index contributed by atoms with van der Waals surface area (Å²) in [6.45, 7) is 2.16. The normalized spacial score (nSPS) is 29.2. The van der Waals surface area contributed by atoms with Gasteiger partial charge in [0, 0.05) is 5.56 Å². The van der Waals surface area contributed by atoms with Crippen molar-refractivity contribution in [2.24, 2.45) is 0 Å². The van der Waals surface area contributed by atoms with Gasteiger partial charge >= 0.3 is 0 Å². The molecule has 1 N–H and O–H groups in total. The first-order chi connectivity index (χ1) is 8.65. The van der Waals surface area contributed by atoms with Gasteiger partial charge < -0.3 is 19.8 Å². The van der Waals surface area contributed by atoms with Crippen LogP contribution in [-0.4, -0.2) is 41.2 Å². The van der Waals surface area contributed by atoms with Crippen LogP contribution >= 0.6 is 0 Å². The van der Waals surface area contributed by atoms with E-state index in [0.29, 0.717) is 0 Å². The molecule has 0 saturated carbocycles. The van der Waals surface area contributed by atoms with Gasteiger partial charge in [-0.2, -0.15) is 0 Å². The molecular weight excluding hydrogens is 234 g/mol. The molecule has 1 aliphatic rings. The van der Waals surface area contributed by atoms with E-state index in [1.165, 1.54) is 6.21 Å². The van der Waals surface area contributed by atoms with Crippen molar-refractivity contribution < 1.29 is 19.3 Å². The van der Waals surface area contributed by atoms with Gasteiger partial charge in [-0.1, -0.05) is 30.3 Å². The molecule has 0 aromatic heterocycles. The van der Waals surface area contributed by atoms with Crippen molar-refractivity contribution in [2.45, 2.75) is 32.0 Å². The van der Waals surface area contributed by atoms with E-state index >= 15 is 0 Å². The average Bonchev–Trinajstić information content (AvgIpc) is 2.35. The summed E-state index contributed by atoms with van der Waals surface area (Å²) in [5.74, 6) is 0. The highest BCUT2D eigenvalue weighted by Gasteiger charge is 2.29. The summed E-state index contributed by atoms with van der Waals surface area (Å²) in [4.78, 5) is 0. The molecule has 18 heavy (non-hydrogen) atoms. The van der Waals surface area contributed by atoms with Crippen molar-refractivity contribution in [1.82, 2.24) is 0 Å². The number of hydrogen-bond donors (Lipinski definition) is 1. The minimum Gasteiger partial charge on any atom is -0.624 e. The highest BCUT2D eigenvalue weighted by molar-refractivity contribution is 5.59. The zero-order valence-electron chi connectivity index (χ0n) is 10.2. The van der Waals surface area contributed by atoms with Gasteiger partial charge in [-0.05, 0) is 6.92 Å². The topological polar surface area (TPSA) is 64.8 Å². The standard InChI is InChI=1S/C13H17NO4/c1-10-17-9-12(15)13(18-10)8-14(16)7-11-5-3-2-4-6-11/h2-6,8,10,12-13,15H,7,9H2,1H3/b14-8-/t10-,12+,13+/m0/s1. The monoisotopic (exact) mass is 251 g/mol. The summed E-state index contributed by atoms with van der Waals surface area (Å²) in [6, 6.07) is 9.41. The molecule has 3 atom stereocenters. The van der Waals surface area contributed by atoms with Crippen molar-refractivity contribution in [3.05, 3.63) is 41.1 Å². The van der Waals surface area contributed by atoms with E-state index in [0.717, 1.165) is 10.3 Å². The summed E-state index contributed by atoms with van der Waals surface area (Å²) in [5, 5.41) is 21.4. The number of hydroxylamine groups is 1. The van der Waals surface area contributed by atoms with Crippen LogP contribution in [0.1, 0.15) is 12.5 Å². The minimum absolute atomic E-state index is 0.182. The Morgan fingerprint density at radius 3 is 2.89 bits per heavy atom. The molecule has 1 aromatic carbocycles. The molecule has 98 valence electrons. The van der Waals surface area contributed by atoms with Gasteiger partial charge in [-0.3, -0.25) is 0 Å². The van der Waals surface area contributed by atoms with Crippen molar-refractivity contribution in [3.63, 3.8) is 0 Å². The Labute approximate surface area is 106 Å². The maximum atomic E-state index is 11.8. The Hall–Kier alpha value is -1.43. The fourth-order valence-electron chi connectivity index (χ4n) is 1.79. The van der Waals surface area contributed by atoms with Crippen LogP contribution in [0.2, 0.25) is 0 Å². The Morgan fingerprint density at radius 1 is 1.44 bits per heavy atom. The average molecular weight is 251 g/mol. The molecule has 0 radical (unpaired) electrons. The number of benzene rings is 1. The molecule has 0 spiro atoms. The molecule has 0 bridgehead atoms. The van der Waals surface area contributed by atoms with Gasteiger partial charge in [0.2, 0.25) is 0 Å². The molecule has 5 nitrogen and oxygen atoms in total. The van der Waals surface area contributed by atoms with E-state index < -0.39 is 18.5 Å². The summed E-state index contributed by atoms with van der Waals surface area (Å²) in [6.07, 6.45) is -0.459. The molecule has 1 heterocycles. The van der Waals surface area contributed by atoms with Crippen LogP contribution in [-0.2, 0) is 16.0 Å². The van der Waals surface area contributed by atoms with Crippen LogP contribution in [0.25, 0.3) is 0 Å². The number of rotatable bonds is 3. The van der Waals surface area contributed by atoms with E-state index in [-0.39, 0.29) is 13.2 Å². The first-order valence-corrected chi connectivity index (χ1v) is 5.93. The number of nitrogens with zero attached hydrogens (tertiary/aromatic N) is 1. The Kier molecular flexibility index (Phi) is 4.30. The van der Waals surface area contributed by atoms with Crippen molar-refractivity contribution >= 4 is 6.21 Å². The van der Waals surface area contributed by atoms with Gasteiger partial charge in [-0.25, -0.2) is 4.74 Å². The molecule has 2 rings (SSSR count). The second-order valence-corrected chi connectivity index (χ2v) is 4.28. The second-order valence-electron chi connectivity index (χ2n) is 4.28. The third-order valence-electron chi connectivity index (χ3n) is 2.72. The number of aliphatic hydroxyl groups is 1. The summed E-state index contributed by atoms with van der Waals surface area (Å²) in [7, 11) is 0. The van der Waals surface area contributed by atoms with Crippen LogP contribution in [0.3, 0.4) is 0 Å². The van der Waals surface area contributed by atoms with E-state index in [9.17, 15) is 10.3 Å². The molecule has 1 fully saturated rings. The summed E-state index contributed by atoms with van der Waals surface area (Å²) in [5.41, 5.74) is 0.915. The van der Waals surface area contributed by atoms with Gasteiger partial charge in [0.15, 0.2) is 25.2 Å². The molecule has 1 aliphatic heterocycles. The van der Waals surface area contributed by atoms with Crippen molar-refractivity contribution in [1.29, 1.82) is 0 Å². The predicted octanol–water partition coefficient (Wildman–Crippen LogP) is 0.890. The third-order valence-corrected chi connectivity index (χ3v) is 2.72. The molecule has 1 aromatic rings. The van der Waals surface area contributed by atoms with Crippen LogP contribution in [0, 0.1) is 5.21 Å². The number of aliphatic hydroxyl groups excluding tert-OH is 1. The van der Waals surface area contributed by atoms with E-state index in [1.54, 1.807) is 6.92 Å². The van der Waals surface area contributed by atoms with Crippen molar-refractivity contribution in [2.75, 3.05) is 6.61 Å². The first kappa shape index (κ1) is 13.0. The quantitative estimate of drug-likeness (QED) is 0.375. The highest BCUT2D eigenvalue weighted by Crippen LogP contribution is 2.11. The van der Waals surface area contributed by atoms with Crippen LogP contribution in [0.15, 0.2) is 30.3 Å². The molecule has 0 amide bonds. The van der Waals surface area contributed by atoms with Gasteiger partial charge in [0.25, 0.3) is 0 Å². The first-order valence-electron chi connectivity index (χ1n) is 5.93. The Balaban J connectivity index is 1.99. The fraction of sp³-hybridized carbons (Fsp3) is 0.462. The maximum absolute atomic E-state index is 11.8. The fourth-order valence-corrected chi connectivity index (χ4v) is 1.79. The second kappa shape index (κ2) is 5.95. The third kappa shape index (κ3) is 3.53. The number of ether oxygens (including phenoxy) is 2. The zero-order valence-corrected chi connectivity index (χ0v) is 10.2. The van der Waals surface area contributed by atoms with E-state index in [2.05, 4.69) is 0 Å². The lowest BCUT2D eigenvalue weighted by Crippen LogP contribution is -2.44. The molecule has 0 unspecified atom stereocenters. The smallest absolute Gasteiger partial charge is 0.183 e. The molecular formula is C13H17NO4. The van der Waals surface area contributed by atoms with Gasteiger partial charge in [0.05, 0.1) is 6.61 Å². The van der Waals surface area contributed by atoms with Crippen LogP contribution < -0.4 is 0 Å². The summed E-state index contributed by atoms with van der Waals surface area (Å²) >= 11 is 0. The van der Waals surface area contributed by atoms with E-state index in [4.69, 9.17) is 9.47 Å². The van der Waals surface area contributed by atoms with Crippen LogP contribution in [0.5, 0.6) is 0 Å². The minimum atomic E-state index is -0.798. The predicted molar refractivity (Wildman–Crippen MR) is 66.1 cm³/mol. The van der Waals surface area contributed by atoms with Crippen LogP contribution in [0.4, 0.5) is 0 Å². The lowest BCUT2D eigenvalue weighted by atomic mass is 10.2. The molecule has 0 aliphatic carbocycles. The van der Waals surface area contributed by atoms with E-state index in [1.807, 2.05) is 30.3 Å². The lowest BCUT2D eigenvalue weighted by Gasteiger charge is -2.29. The van der Waals surface area contributed by atoms with Crippen molar-refractivity contribution in [3.8, 4) is 0 Å². The maximum Gasteiger partial charge on any atom is 0.183 e. The largest absolute Gasteiger partial charge is 0.624 e. The zero-order chi connectivity index (χ0) is 13.0. The Bertz CT molecular complexity index is 407.